The van der Waals surface area contributed by atoms with Crippen molar-refractivity contribution in [1.29, 1.82) is 0 Å². The van der Waals surface area contributed by atoms with E-state index in [9.17, 15) is 11.0 Å². The van der Waals surface area contributed by atoms with E-state index in [1.165, 1.54) is 4.57 Å². The molecule has 0 unspecified atom stereocenters. The molecule has 5 heterocycles. The van der Waals surface area contributed by atoms with Gasteiger partial charge in [-0.25, -0.2) is 0 Å². The predicted octanol–water partition coefficient (Wildman–Crippen LogP) is 20.1. The molecule has 0 atom stereocenters. The van der Waals surface area contributed by atoms with E-state index in [0.29, 0.717) is 33.6 Å². The quantitative estimate of drug-likeness (QED) is 0.155. The van der Waals surface area contributed by atoms with Crippen molar-refractivity contribution >= 4 is 117 Å². The molecule has 12 aromatic carbocycles. The monoisotopic (exact) mass is 1140 g/mol. The second-order valence-electron chi connectivity index (χ2n) is 24.5. The minimum Gasteiger partial charge on any atom is -0.456 e. The molecule has 0 amide bonds. The third kappa shape index (κ3) is 7.72. The molecule has 0 bridgehead atoms. The number of fused-ring (bicyclic) bond motifs is 14. The van der Waals surface area contributed by atoms with Crippen molar-refractivity contribution in [3.63, 3.8) is 0 Å². The van der Waals surface area contributed by atoms with Crippen molar-refractivity contribution < 1.29 is 26.3 Å². The van der Waals surface area contributed by atoms with Gasteiger partial charge in [0.15, 0.2) is 0 Å². The number of rotatable bonds is 6. The predicted molar refractivity (Wildman–Crippen MR) is 366 cm³/mol. The van der Waals surface area contributed by atoms with E-state index >= 15 is 0 Å². The third-order valence-corrected chi connectivity index (χ3v) is 18.6. The first kappa shape index (κ1) is 36.9. The summed E-state index contributed by atoms with van der Waals surface area (Å²) in [5.41, 5.74) is 13.8. The Morgan fingerprint density at radius 1 is 0.419 bits per heavy atom. The van der Waals surface area contributed by atoms with E-state index in [1.807, 2.05) is 66.7 Å². The molecule has 0 saturated carbocycles. The average molecular weight is 1140 g/mol. The van der Waals surface area contributed by atoms with Crippen molar-refractivity contribution in [1.82, 2.24) is 9.13 Å². The smallest absolute Gasteiger partial charge is 0.249 e. The van der Waals surface area contributed by atoms with Gasteiger partial charge in [-0.3, -0.25) is 0 Å². The van der Waals surface area contributed by atoms with Gasteiger partial charge in [0, 0.05) is 76.0 Å². The Balaban J connectivity index is 1.03. The second-order valence-corrected chi connectivity index (χ2v) is 25.5. The third-order valence-electron chi connectivity index (χ3n) is 17.4. The lowest BCUT2D eigenvalue weighted by molar-refractivity contribution is 0.569. The van der Waals surface area contributed by atoms with Gasteiger partial charge in [0.1, 0.15) is 11.2 Å². The van der Waals surface area contributed by atoms with Crippen LogP contribution in [0.2, 0.25) is 0 Å². The van der Waals surface area contributed by atoms with Gasteiger partial charge in [-0.2, -0.15) is 0 Å². The first-order chi connectivity index (χ1) is 48.6. The zero-order chi connectivity index (χ0) is 71.7. The van der Waals surface area contributed by atoms with Crippen molar-refractivity contribution in [2.45, 2.75) is 62.2 Å². The van der Waals surface area contributed by atoms with Gasteiger partial charge in [0.05, 0.1) is 49.7 Å². The molecule has 0 N–H and O–H groups in total. The second kappa shape index (κ2) is 18.9. The molecule has 0 spiro atoms. The van der Waals surface area contributed by atoms with E-state index in [-0.39, 0.29) is 54.4 Å². The summed E-state index contributed by atoms with van der Waals surface area (Å²) < 4.78 is 157. The Hall–Kier alpha value is -9.75. The van der Waals surface area contributed by atoms with Gasteiger partial charge in [0.25, 0.3) is 0 Å². The first-order valence-corrected chi connectivity index (χ1v) is 29.6. The number of benzene rings is 12. The number of nitrogens with zero attached hydrogens (tertiary/aromatic N) is 3. The van der Waals surface area contributed by atoms with Crippen LogP contribution >= 0.6 is 11.8 Å². The summed E-state index contributed by atoms with van der Waals surface area (Å²) in [5, 5.41) is 1.16. The molecule has 17 rings (SSSR count). The van der Waals surface area contributed by atoms with Crippen LogP contribution in [-0.4, -0.2) is 15.8 Å². The summed E-state index contributed by atoms with van der Waals surface area (Å²) >= 11 is 1.60. The Bertz CT molecular complexity index is 6050. The van der Waals surface area contributed by atoms with Crippen LogP contribution in [0, 0.1) is 0 Å². The number of hydrogen-bond acceptors (Lipinski definition) is 3. The number of furan rings is 1. The molecule has 15 aromatic rings. The summed E-state index contributed by atoms with van der Waals surface area (Å²) in [7, 11) is 0. The Kier molecular flexibility index (Phi) is 8.09. The molecule has 0 saturated heterocycles. The minimum absolute atomic E-state index is 0.0145. The molecule has 0 aliphatic carbocycles. The molecule has 3 aromatic heterocycles. The molecule has 4 nitrogen and oxygen atoms in total. The maximum absolute atomic E-state index is 9.68. The summed E-state index contributed by atoms with van der Waals surface area (Å²) in [6.45, 7) is 12.7. The average Bonchev–Trinajstić information content (AvgIpc) is 1.27. The molecular formula is C80H60BN3OS. The zero-order valence-corrected chi connectivity index (χ0v) is 48.6. The summed E-state index contributed by atoms with van der Waals surface area (Å²) in [5.74, 6) is 0. The molecule has 6 heteroatoms. The van der Waals surface area contributed by atoms with E-state index in [2.05, 4.69) is 125 Å². The molecule has 0 fully saturated rings. The summed E-state index contributed by atoms with van der Waals surface area (Å²) in [6.07, 6.45) is 0. The maximum Gasteiger partial charge on any atom is 0.249 e. The Morgan fingerprint density at radius 3 is 1.45 bits per heavy atom. The van der Waals surface area contributed by atoms with Crippen LogP contribution in [0.5, 0.6) is 0 Å². The lowest BCUT2D eigenvalue weighted by Gasteiger charge is -2.42. The standard InChI is InChI=1S/C80H60BN3OS/c1-79(2,3)53-42-51(43-54(46-53)80(4,5)6)52-44-71-76-74(45-52)86-78-65(39-41-73-75(78)63-47-55(37-40-72(63)85-73)82-66-32-17-13-26-59(66)60-27-14-18-33-67(60)82)81(76)64-38-36-56(83-68-34-19-15-28-61(68)62-29-16-20-35-69(62)83)48-70(64)84(71)77-57(49-22-9-7-10-23-49)30-21-31-58(77)50-24-11-8-12-25-50/h7-48H,1-6H3/i13D,14D,15D,16D,17D,18D,19D,20D,26D,27D,28D,29D,32D,33D,34D,35D. The van der Waals surface area contributed by atoms with Gasteiger partial charge < -0.3 is 18.5 Å². The van der Waals surface area contributed by atoms with Gasteiger partial charge in [-0.1, -0.05) is 240 Å². The largest absolute Gasteiger partial charge is 0.456 e. The normalized spacial score (nSPS) is 15.7. The zero-order valence-electron chi connectivity index (χ0n) is 63.7. The number of para-hydroxylation sites is 5. The van der Waals surface area contributed by atoms with Crippen LogP contribution < -0.4 is 21.3 Å². The van der Waals surface area contributed by atoms with Crippen molar-refractivity contribution in [2.24, 2.45) is 0 Å². The van der Waals surface area contributed by atoms with E-state index < -0.39 is 103 Å². The summed E-state index contributed by atoms with van der Waals surface area (Å²) in [4.78, 5) is 4.07. The first-order valence-electron chi connectivity index (χ1n) is 36.8. The van der Waals surface area contributed by atoms with Gasteiger partial charge in [0.2, 0.25) is 6.71 Å². The highest BCUT2D eigenvalue weighted by atomic mass is 32.2. The number of aromatic nitrogens is 2. The maximum atomic E-state index is 9.68. The lowest BCUT2D eigenvalue weighted by atomic mass is 9.34. The van der Waals surface area contributed by atoms with Crippen molar-refractivity contribution in [3.8, 4) is 44.8 Å². The van der Waals surface area contributed by atoms with Crippen molar-refractivity contribution in [2.75, 3.05) is 4.90 Å². The SMILES string of the molecule is [2H]c1c([2H])c([2H])c2c(c1[2H])c1c([2H])c([2H])c([2H])c([2H])c1n2-c1ccc2c(c1)N(c1c(-c3ccccc3)cccc1-c1ccccc1)c1cc(-c3cc(C(C)(C)C)cc(C(C)(C)C)c3)cc3c1B2c1ccc2oc4ccc(-n5c6c([2H])c([2H])c([2H])c([2H])c6c6c([2H])c([2H])c([2H])c([2H])c65)cc4c2c1S3. The molecule has 410 valence electrons. The van der Waals surface area contributed by atoms with Gasteiger partial charge >= 0.3 is 0 Å². The summed E-state index contributed by atoms with van der Waals surface area (Å²) in [6, 6.07) is 45.6. The molecule has 2 aliphatic rings. The molecule has 0 radical (unpaired) electrons. The molecule has 2 aliphatic heterocycles. The fourth-order valence-corrected chi connectivity index (χ4v) is 14.6. The van der Waals surface area contributed by atoms with Gasteiger partial charge in [-0.15, -0.1) is 0 Å². The van der Waals surface area contributed by atoms with Crippen LogP contribution in [0.1, 0.15) is 74.6 Å². The topological polar surface area (TPSA) is 26.2 Å². The van der Waals surface area contributed by atoms with Gasteiger partial charge in [-0.05, 0) is 128 Å². The Labute approximate surface area is 528 Å². The lowest BCUT2D eigenvalue weighted by Crippen LogP contribution is -2.60. The highest BCUT2D eigenvalue weighted by Gasteiger charge is 2.44. The fraction of sp³-hybridized carbons (Fsp3) is 0.100. The number of anilines is 3. The highest BCUT2D eigenvalue weighted by Crippen LogP contribution is 2.52. The van der Waals surface area contributed by atoms with E-state index in [1.54, 1.807) is 28.5 Å². The van der Waals surface area contributed by atoms with Crippen LogP contribution in [-0.2, 0) is 10.8 Å². The highest BCUT2D eigenvalue weighted by molar-refractivity contribution is 8.00. The van der Waals surface area contributed by atoms with Crippen LogP contribution in [0.3, 0.4) is 0 Å². The molecule has 86 heavy (non-hydrogen) atoms. The molecular weight excluding hydrogens is 1060 g/mol. The number of hydrogen-bond donors (Lipinski definition) is 0. The van der Waals surface area contributed by atoms with E-state index in [4.69, 9.17) is 15.4 Å². The van der Waals surface area contributed by atoms with Crippen LogP contribution in [0.4, 0.5) is 17.1 Å². The van der Waals surface area contributed by atoms with Crippen LogP contribution in [0.25, 0.3) is 110 Å². The van der Waals surface area contributed by atoms with Crippen molar-refractivity contribution in [3.05, 3.63) is 266 Å². The Morgan fingerprint density at radius 2 is 0.907 bits per heavy atom. The van der Waals surface area contributed by atoms with E-state index in [0.717, 1.165) is 87.4 Å². The minimum atomic E-state index is -0.579. The van der Waals surface area contributed by atoms with Crippen LogP contribution in [0.15, 0.2) is 269 Å². The fourth-order valence-electron chi connectivity index (χ4n) is 13.2.